The lowest BCUT2D eigenvalue weighted by molar-refractivity contribution is -0.164. The zero-order chi connectivity index (χ0) is 13.1. The molecule has 0 aromatic heterocycles. The van der Waals surface area contributed by atoms with E-state index >= 15 is 0 Å². The molecule has 0 bridgehead atoms. The van der Waals surface area contributed by atoms with Crippen LogP contribution in [0.2, 0.25) is 0 Å². The lowest BCUT2D eigenvalue weighted by Crippen LogP contribution is -2.34. The van der Waals surface area contributed by atoms with Gasteiger partial charge in [-0.05, 0) is 29.5 Å². The van der Waals surface area contributed by atoms with E-state index in [9.17, 15) is 14.7 Å². The van der Waals surface area contributed by atoms with Crippen molar-refractivity contribution in [1.29, 1.82) is 0 Å². The average Bonchev–Trinajstić information content (AvgIpc) is 2.29. The Morgan fingerprint density at radius 3 is 2.29 bits per heavy atom. The Morgan fingerprint density at radius 1 is 1.35 bits per heavy atom. The van der Waals surface area contributed by atoms with Crippen LogP contribution in [0.5, 0.6) is 0 Å². The first-order valence-corrected chi connectivity index (χ1v) is 5.82. The fourth-order valence-electron chi connectivity index (χ4n) is 1.09. The third-order valence-electron chi connectivity index (χ3n) is 2.00. The molecule has 5 heteroatoms. The summed E-state index contributed by atoms with van der Waals surface area (Å²) >= 11 is 1.60. The highest BCUT2D eigenvalue weighted by molar-refractivity contribution is 14.1. The predicted molar refractivity (Wildman–Crippen MR) is 70.7 cm³/mol. The quantitative estimate of drug-likeness (QED) is 0.394. The van der Waals surface area contributed by atoms with Gasteiger partial charge in [-0.2, -0.15) is 0 Å². The van der Waals surface area contributed by atoms with Gasteiger partial charge in [0.1, 0.15) is 0 Å². The van der Waals surface area contributed by atoms with E-state index in [2.05, 4.69) is 6.58 Å². The van der Waals surface area contributed by atoms with Gasteiger partial charge in [0.05, 0.1) is 0 Å². The molecule has 1 N–H and O–H groups in total. The molecule has 0 radical (unpaired) electrons. The van der Waals surface area contributed by atoms with Crippen molar-refractivity contribution in [3.63, 3.8) is 0 Å². The van der Waals surface area contributed by atoms with Gasteiger partial charge in [0.15, 0.2) is 0 Å². The topological polar surface area (TPSA) is 63.6 Å². The highest BCUT2D eigenvalue weighted by atomic mass is 127. The second-order valence-electron chi connectivity index (χ2n) is 3.44. The van der Waals surface area contributed by atoms with E-state index < -0.39 is 15.5 Å². The van der Waals surface area contributed by atoms with Crippen LogP contribution in [0.3, 0.4) is 0 Å². The largest absolute Gasteiger partial charge is 0.477 e. The Hall–Kier alpha value is -1.37. The maximum absolute atomic E-state index is 11.4. The summed E-state index contributed by atoms with van der Waals surface area (Å²) in [5, 5.41) is 9.20. The van der Waals surface area contributed by atoms with Crippen LogP contribution in [0.15, 0.2) is 42.5 Å². The Balaban J connectivity index is 3.11. The number of carbonyl (C=O) groups is 2. The van der Waals surface area contributed by atoms with Crippen LogP contribution >= 0.6 is 22.6 Å². The second-order valence-corrected chi connectivity index (χ2v) is 4.96. The first kappa shape index (κ1) is 13.7. The van der Waals surface area contributed by atoms with E-state index in [0.717, 1.165) is 0 Å². The second kappa shape index (κ2) is 5.31. The summed E-state index contributed by atoms with van der Waals surface area (Å²) in [6.07, 6.45) is 0. The maximum Gasteiger partial charge on any atom is 0.363 e. The number of hydrogen-bond donors (Lipinski definition) is 1. The average molecular weight is 346 g/mol. The summed E-state index contributed by atoms with van der Waals surface area (Å²) in [6, 6.07) is 8.29. The number of alkyl halides is 1. The van der Waals surface area contributed by atoms with Gasteiger partial charge in [-0.1, -0.05) is 36.9 Å². The molecule has 4 nitrogen and oxygen atoms in total. The van der Waals surface area contributed by atoms with Crippen LogP contribution in [-0.4, -0.2) is 17.0 Å². The van der Waals surface area contributed by atoms with E-state index in [4.69, 9.17) is 4.74 Å². The summed E-state index contributed by atoms with van der Waals surface area (Å²) < 4.78 is 3.27. The summed E-state index contributed by atoms with van der Waals surface area (Å²) in [5.74, 6) is -1.97. The Kier molecular flexibility index (Phi) is 4.28. The lowest BCUT2D eigenvalue weighted by Gasteiger charge is -2.23. The minimum atomic E-state index is -1.73. The maximum atomic E-state index is 11.4. The Bertz CT molecular complexity index is 455. The molecule has 0 fully saturated rings. The summed E-state index contributed by atoms with van der Waals surface area (Å²) in [4.78, 5) is 22.7. The molecule has 0 saturated heterocycles. The van der Waals surface area contributed by atoms with E-state index in [1.807, 2.05) is 0 Å². The van der Waals surface area contributed by atoms with Crippen molar-refractivity contribution in [3.05, 3.63) is 48.0 Å². The molecule has 0 aliphatic carbocycles. The van der Waals surface area contributed by atoms with Crippen molar-refractivity contribution >= 4 is 34.5 Å². The number of halogens is 1. The molecule has 1 rings (SSSR count). The fourth-order valence-corrected chi connectivity index (χ4v) is 1.65. The molecular weight excluding hydrogens is 335 g/mol. The number of carboxylic acid groups (broad SMARTS) is 1. The number of benzene rings is 1. The van der Waals surface area contributed by atoms with Gasteiger partial charge >= 0.3 is 11.9 Å². The smallest absolute Gasteiger partial charge is 0.363 e. The van der Waals surface area contributed by atoms with Gasteiger partial charge in [0.2, 0.25) is 0 Å². The van der Waals surface area contributed by atoms with Gasteiger partial charge in [0, 0.05) is 11.1 Å². The van der Waals surface area contributed by atoms with Gasteiger partial charge < -0.3 is 9.84 Å². The molecule has 1 unspecified atom stereocenters. The lowest BCUT2D eigenvalue weighted by atomic mass is 10.1. The molecule has 1 aromatic rings. The van der Waals surface area contributed by atoms with Crippen LogP contribution in [0.1, 0.15) is 12.5 Å². The first-order chi connectivity index (χ1) is 7.88. The minimum Gasteiger partial charge on any atom is -0.477 e. The number of rotatable bonds is 4. The SMILES string of the molecule is C=C(C)C(=O)OC(I)(C(=O)O)c1ccccc1. The Labute approximate surface area is 112 Å². The molecule has 90 valence electrons. The molecule has 0 spiro atoms. The van der Waals surface area contributed by atoms with Crippen molar-refractivity contribution in [2.75, 3.05) is 0 Å². The molecule has 1 aromatic carbocycles. The number of ether oxygens (including phenoxy) is 1. The van der Waals surface area contributed by atoms with Gasteiger partial charge in [0.25, 0.3) is 3.61 Å². The highest BCUT2D eigenvalue weighted by Crippen LogP contribution is 2.34. The van der Waals surface area contributed by atoms with E-state index in [1.54, 1.807) is 52.9 Å². The molecule has 1 atom stereocenters. The van der Waals surface area contributed by atoms with Crippen molar-refractivity contribution in [2.45, 2.75) is 10.5 Å². The van der Waals surface area contributed by atoms with Crippen LogP contribution in [0, 0.1) is 0 Å². The summed E-state index contributed by atoms with van der Waals surface area (Å²) in [6.45, 7) is 4.89. The molecule has 0 heterocycles. The van der Waals surface area contributed by atoms with Crippen LogP contribution in [0.25, 0.3) is 0 Å². The monoisotopic (exact) mass is 346 g/mol. The first-order valence-electron chi connectivity index (χ1n) is 4.74. The standard InChI is InChI=1S/C12H11IO4/c1-8(2)10(14)17-12(13,11(15)16)9-6-4-3-5-7-9/h3-7H,1H2,2H3,(H,15,16). The van der Waals surface area contributed by atoms with Crippen molar-refractivity contribution in [3.8, 4) is 0 Å². The molecule has 17 heavy (non-hydrogen) atoms. The number of esters is 1. The summed E-state index contributed by atoms with van der Waals surface area (Å²) in [7, 11) is 0. The van der Waals surface area contributed by atoms with Crippen LogP contribution in [-0.2, 0) is 17.9 Å². The number of carboxylic acids is 1. The Morgan fingerprint density at radius 2 is 1.88 bits per heavy atom. The molecule has 0 amide bonds. The van der Waals surface area contributed by atoms with Crippen molar-refractivity contribution < 1.29 is 19.4 Å². The van der Waals surface area contributed by atoms with Crippen molar-refractivity contribution in [1.82, 2.24) is 0 Å². The van der Waals surface area contributed by atoms with Crippen molar-refractivity contribution in [2.24, 2.45) is 0 Å². The fraction of sp³-hybridized carbons (Fsp3) is 0.167. The van der Waals surface area contributed by atoms with E-state index in [1.165, 1.54) is 6.92 Å². The van der Waals surface area contributed by atoms with Gasteiger partial charge in [-0.15, -0.1) is 0 Å². The number of aliphatic carboxylic acids is 1. The molecule has 0 saturated carbocycles. The summed E-state index contributed by atoms with van der Waals surface area (Å²) in [5.41, 5.74) is 0.547. The zero-order valence-electron chi connectivity index (χ0n) is 9.14. The molecule has 0 aliphatic rings. The van der Waals surface area contributed by atoms with Gasteiger partial charge in [-0.3, -0.25) is 0 Å². The van der Waals surface area contributed by atoms with Gasteiger partial charge in [-0.25, -0.2) is 9.59 Å². The number of hydrogen-bond acceptors (Lipinski definition) is 3. The van der Waals surface area contributed by atoms with E-state index in [0.29, 0.717) is 5.56 Å². The van der Waals surface area contributed by atoms with E-state index in [-0.39, 0.29) is 5.57 Å². The third-order valence-corrected chi connectivity index (χ3v) is 3.31. The molecule has 0 aliphatic heterocycles. The van der Waals surface area contributed by atoms with Crippen LogP contribution < -0.4 is 0 Å². The van der Waals surface area contributed by atoms with Crippen LogP contribution in [0.4, 0.5) is 0 Å². The number of carbonyl (C=O) groups excluding carboxylic acids is 1. The normalized spacial score (nSPS) is 13.5. The predicted octanol–water partition coefficient (Wildman–Crippen LogP) is 2.48. The minimum absolute atomic E-state index is 0.156. The molecular formula is C12H11IO4. The highest BCUT2D eigenvalue weighted by Gasteiger charge is 2.41. The zero-order valence-corrected chi connectivity index (χ0v) is 11.3. The third kappa shape index (κ3) is 3.06.